The van der Waals surface area contributed by atoms with Crippen LogP contribution in [0.5, 0.6) is 0 Å². The maximum absolute atomic E-state index is 10.6. The molecule has 0 heterocycles. The first kappa shape index (κ1) is 23.4. The minimum Gasteiger partial charge on any atom is -0.475 e. The van der Waals surface area contributed by atoms with Crippen LogP contribution in [0.1, 0.15) is 84.0 Å². The number of rotatable bonds is 17. The molecule has 0 aromatic carbocycles. The minimum atomic E-state index is -1.32. The van der Waals surface area contributed by atoms with Gasteiger partial charge < -0.3 is 9.99 Å². The van der Waals surface area contributed by atoms with E-state index in [9.17, 15) is 4.79 Å². The standard InChI is InChI=1S/C20H34O5/c1-2-3-4-5-6-7-8-9-10-11-12-13-14-15-16-17-18-19(20(21)22)24-25-23/h14-18,23H,2-13H2,1H3,(H,21,22). The van der Waals surface area contributed by atoms with Crippen LogP contribution in [-0.4, -0.2) is 16.3 Å². The number of allylic oxidation sites excluding steroid dienone is 5. The van der Waals surface area contributed by atoms with E-state index in [-0.39, 0.29) is 0 Å². The molecule has 0 aliphatic rings. The quantitative estimate of drug-likeness (QED) is 0.0813. The van der Waals surface area contributed by atoms with E-state index < -0.39 is 11.7 Å². The highest BCUT2D eigenvalue weighted by Gasteiger charge is 2.07. The summed E-state index contributed by atoms with van der Waals surface area (Å²) >= 11 is 0. The van der Waals surface area contributed by atoms with E-state index in [0.29, 0.717) is 0 Å². The fourth-order valence-electron chi connectivity index (χ4n) is 2.48. The largest absolute Gasteiger partial charge is 0.475 e. The van der Waals surface area contributed by atoms with Crippen LogP contribution in [-0.2, 0) is 14.7 Å². The Morgan fingerprint density at radius 3 is 1.92 bits per heavy atom. The first-order valence-electron chi connectivity index (χ1n) is 9.47. The summed E-state index contributed by atoms with van der Waals surface area (Å²) < 4.78 is 0. The van der Waals surface area contributed by atoms with Crippen LogP contribution < -0.4 is 0 Å². The molecule has 0 aliphatic heterocycles. The molecule has 0 aromatic heterocycles. The number of aliphatic carboxylic acids is 1. The number of carboxylic acids is 1. The van der Waals surface area contributed by atoms with Crippen LogP contribution in [0.4, 0.5) is 0 Å². The number of unbranched alkanes of at least 4 members (excludes halogenated alkanes) is 11. The van der Waals surface area contributed by atoms with E-state index in [1.54, 1.807) is 6.08 Å². The van der Waals surface area contributed by atoms with Crippen molar-refractivity contribution in [3.8, 4) is 0 Å². The van der Waals surface area contributed by atoms with Gasteiger partial charge in [0.25, 0.3) is 5.76 Å². The third-order valence-corrected chi connectivity index (χ3v) is 3.92. The highest BCUT2D eigenvalue weighted by Crippen LogP contribution is 2.12. The Morgan fingerprint density at radius 2 is 1.40 bits per heavy atom. The number of hydrogen-bond acceptors (Lipinski definition) is 4. The van der Waals surface area contributed by atoms with Gasteiger partial charge in [0.05, 0.1) is 0 Å². The number of hydrogen-bond donors (Lipinski definition) is 2. The lowest BCUT2D eigenvalue weighted by atomic mass is 10.1. The van der Waals surface area contributed by atoms with Gasteiger partial charge in [-0.2, -0.15) is 0 Å². The second-order valence-electron chi connectivity index (χ2n) is 6.13. The fourth-order valence-corrected chi connectivity index (χ4v) is 2.48. The molecule has 0 atom stereocenters. The summed E-state index contributed by atoms with van der Waals surface area (Å²) in [7, 11) is 0. The first-order valence-corrected chi connectivity index (χ1v) is 9.47. The molecule has 0 spiro atoms. The van der Waals surface area contributed by atoms with Crippen molar-refractivity contribution < 1.29 is 25.1 Å². The summed E-state index contributed by atoms with van der Waals surface area (Å²) in [4.78, 5) is 14.7. The Labute approximate surface area is 151 Å². The van der Waals surface area contributed by atoms with Gasteiger partial charge in [0.2, 0.25) is 0 Å². The lowest BCUT2D eigenvalue weighted by Crippen LogP contribution is -2.03. The number of carbonyl (C=O) groups is 1. The van der Waals surface area contributed by atoms with Gasteiger partial charge in [-0.05, 0) is 24.0 Å². The molecule has 0 amide bonds. The van der Waals surface area contributed by atoms with Crippen LogP contribution >= 0.6 is 0 Å². The van der Waals surface area contributed by atoms with E-state index in [1.165, 1.54) is 82.8 Å². The zero-order chi connectivity index (χ0) is 18.6. The molecule has 25 heavy (non-hydrogen) atoms. The van der Waals surface area contributed by atoms with Gasteiger partial charge in [0, 0.05) is 0 Å². The third-order valence-electron chi connectivity index (χ3n) is 3.92. The van der Waals surface area contributed by atoms with Crippen molar-refractivity contribution in [1.82, 2.24) is 0 Å². The molecule has 0 aromatic rings. The second-order valence-corrected chi connectivity index (χ2v) is 6.13. The molecule has 5 heteroatoms. The maximum Gasteiger partial charge on any atom is 0.375 e. The van der Waals surface area contributed by atoms with Crippen molar-refractivity contribution in [2.45, 2.75) is 84.0 Å². The van der Waals surface area contributed by atoms with Crippen molar-refractivity contribution in [3.63, 3.8) is 0 Å². The predicted octanol–water partition coefficient (Wildman–Crippen LogP) is 6.19. The molecule has 2 N–H and O–H groups in total. The topological polar surface area (TPSA) is 76.0 Å². The molecule has 0 saturated carbocycles. The van der Waals surface area contributed by atoms with Crippen LogP contribution in [0.3, 0.4) is 0 Å². The SMILES string of the molecule is CCCCCCCCCCCCCC=CC=CC=C(OOO)C(=O)O. The van der Waals surface area contributed by atoms with E-state index in [1.807, 2.05) is 6.08 Å². The summed E-state index contributed by atoms with van der Waals surface area (Å²) in [5.41, 5.74) is 0. The summed E-state index contributed by atoms with van der Waals surface area (Å²) in [5, 5.41) is 20.1. The van der Waals surface area contributed by atoms with E-state index in [2.05, 4.69) is 22.9 Å². The van der Waals surface area contributed by atoms with Crippen LogP contribution in [0, 0.1) is 0 Å². The van der Waals surface area contributed by atoms with E-state index >= 15 is 0 Å². The van der Waals surface area contributed by atoms with Gasteiger partial charge in [-0.3, -0.25) is 0 Å². The molecular formula is C20H34O5. The summed E-state index contributed by atoms with van der Waals surface area (Å²) in [6, 6.07) is 0. The molecule has 0 saturated heterocycles. The minimum absolute atomic E-state index is 0.488. The molecule has 0 aliphatic carbocycles. The fraction of sp³-hybridized carbons (Fsp3) is 0.650. The van der Waals surface area contributed by atoms with Gasteiger partial charge >= 0.3 is 5.97 Å². The Balaban J connectivity index is 3.50. The first-order chi connectivity index (χ1) is 12.2. The zero-order valence-electron chi connectivity index (χ0n) is 15.5. The molecule has 0 radical (unpaired) electrons. The Morgan fingerprint density at radius 1 is 0.840 bits per heavy atom. The van der Waals surface area contributed by atoms with Crippen molar-refractivity contribution in [1.29, 1.82) is 0 Å². The van der Waals surface area contributed by atoms with Crippen molar-refractivity contribution in [2.24, 2.45) is 0 Å². The van der Waals surface area contributed by atoms with Gasteiger partial charge in [0.1, 0.15) is 0 Å². The van der Waals surface area contributed by atoms with Crippen LogP contribution in [0.15, 0.2) is 36.1 Å². The lowest BCUT2D eigenvalue weighted by Gasteiger charge is -2.01. The van der Waals surface area contributed by atoms with E-state index in [0.717, 1.165) is 6.42 Å². The molecular weight excluding hydrogens is 320 g/mol. The smallest absolute Gasteiger partial charge is 0.375 e. The molecule has 0 bridgehead atoms. The summed E-state index contributed by atoms with van der Waals surface area (Å²) in [5.74, 6) is -1.80. The maximum atomic E-state index is 10.6. The Hall–Kier alpha value is -1.59. The zero-order valence-corrected chi connectivity index (χ0v) is 15.5. The predicted molar refractivity (Wildman–Crippen MR) is 99.9 cm³/mol. The Bertz CT molecular complexity index is 399. The average molecular weight is 354 g/mol. The highest BCUT2D eigenvalue weighted by atomic mass is 17.5. The molecule has 0 unspecified atom stereocenters. The van der Waals surface area contributed by atoms with E-state index in [4.69, 9.17) is 10.4 Å². The van der Waals surface area contributed by atoms with Crippen molar-refractivity contribution in [2.75, 3.05) is 0 Å². The highest BCUT2D eigenvalue weighted by molar-refractivity contribution is 5.84. The van der Waals surface area contributed by atoms with Gasteiger partial charge in [0.15, 0.2) is 0 Å². The van der Waals surface area contributed by atoms with Gasteiger partial charge in [-0.15, -0.1) is 0 Å². The molecule has 5 nitrogen and oxygen atoms in total. The van der Waals surface area contributed by atoms with Crippen LogP contribution in [0.25, 0.3) is 0 Å². The normalized spacial score (nSPS) is 12.3. The monoisotopic (exact) mass is 354 g/mol. The summed E-state index contributed by atoms with van der Waals surface area (Å²) in [6.45, 7) is 2.25. The third kappa shape index (κ3) is 17.0. The molecule has 144 valence electrons. The van der Waals surface area contributed by atoms with Crippen molar-refractivity contribution >= 4 is 5.97 Å². The lowest BCUT2D eigenvalue weighted by molar-refractivity contribution is -0.470. The molecule has 0 rings (SSSR count). The van der Waals surface area contributed by atoms with Gasteiger partial charge in [-0.1, -0.05) is 95.4 Å². The number of carboxylic acid groups (broad SMARTS) is 1. The Kier molecular flexibility index (Phi) is 17.6. The van der Waals surface area contributed by atoms with Crippen LogP contribution in [0.2, 0.25) is 0 Å². The second kappa shape index (κ2) is 18.7. The average Bonchev–Trinajstić information content (AvgIpc) is 2.60. The molecule has 0 fully saturated rings. The van der Waals surface area contributed by atoms with Gasteiger partial charge in [-0.25, -0.2) is 10.1 Å². The summed E-state index contributed by atoms with van der Waals surface area (Å²) in [6.07, 6.45) is 24.1. The van der Waals surface area contributed by atoms with Crippen molar-refractivity contribution in [3.05, 3.63) is 36.1 Å².